The molecule has 0 aromatic heterocycles. The zero-order chi connectivity index (χ0) is 15.2. The Morgan fingerprint density at radius 3 is 2.67 bits per heavy atom. The Kier molecular flexibility index (Phi) is 5.70. The van der Waals surface area contributed by atoms with Crippen molar-refractivity contribution in [2.24, 2.45) is 0 Å². The van der Waals surface area contributed by atoms with Crippen LogP contribution < -0.4 is 10.1 Å². The molecule has 0 atom stereocenters. The van der Waals surface area contributed by atoms with E-state index in [4.69, 9.17) is 4.74 Å². The van der Waals surface area contributed by atoms with E-state index >= 15 is 0 Å². The van der Waals surface area contributed by atoms with Crippen LogP contribution in [0.15, 0.2) is 40.9 Å². The van der Waals surface area contributed by atoms with Crippen molar-refractivity contribution < 1.29 is 13.5 Å². The highest BCUT2D eigenvalue weighted by Crippen LogP contribution is 2.27. The summed E-state index contributed by atoms with van der Waals surface area (Å²) in [6, 6.07) is 9.02. The maximum atomic E-state index is 13.5. The van der Waals surface area contributed by atoms with Gasteiger partial charge in [-0.1, -0.05) is 13.0 Å². The van der Waals surface area contributed by atoms with Gasteiger partial charge in [0.2, 0.25) is 0 Å². The van der Waals surface area contributed by atoms with Crippen LogP contribution in [0.2, 0.25) is 0 Å². The van der Waals surface area contributed by atoms with Crippen LogP contribution in [0.5, 0.6) is 5.75 Å². The molecule has 0 aliphatic carbocycles. The second-order valence-corrected chi connectivity index (χ2v) is 5.42. The standard InChI is InChI=1S/C16H16BrF2NO/c1-2-20-9-11-3-6-16(14(17)7-11)21-10-12-8-13(18)4-5-15(12)19/h3-8,20H,2,9-10H2,1H3. The van der Waals surface area contributed by atoms with Crippen LogP contribution in [0, 0.1) is 11.6 Å². The normalized spacial score (nSPS) is 10.7. The summed E-state index contributed by atoms with van der Waals surface area (Å²) in [6.07, 6.45) is 0. The molecule has 21 heavy (non-hydrogen) atoms. The molecule has 0 amide bonds. The summed E-state index contributed by atoms with van der Waals surface area (Å²) >= 11 is 3.42. The molecule has 1 N–H and O–H groups in total. The van der Waals surface area contributed by atoms with Gasteiger partial charge in [-0.05, 0) is 58.4 Å². The minimum Gasteiger partial charge on any atom is -0.488 e. The smallest absolute Gasteiger partial charge is 0.134 e. The Morgan fingerprint density at radius 1 is 1.14 bits per heavy atom. The first-order valence-electron chi connectivity index (χ1n) is 6.66. The Labute approximate surface area is 131 Å². The quantitative estimate of drug-likeness (QED) is 0.828. The van der Waals surface area contributed by atoms with Gasteiger partial charge in [0.15, 0.2) is 0 Å². The van der Waals surface area contributed by atoms with Gasteiger partial charge in [-0.25, -0.2) is 8.78 Å². The van der Waals surface area contributed by atoms with E-state index < -0.39 is 11.6 Å². The fourth-order valence-electron chi connectivity index (χ4n) is 1.85. The number of rotatable bonds is 6. The van der Waals surface area contributed by atoms with E-state index in [2.05, 4.69) is 21.2 Å². The van der Waals surface area contributed by atoms with Crippen molar-refractivity contribution in [2.75, 3.05) is 6.54 Å². The zero-order valence-electron chi connectivity index (χ0n) is 11.6. The average molecular weight is 356 g/mol. The van der Waals surface area contributed by atoms with Gasteiger partial charge in [0, 0.05) is 12.1 Å². The highest BCUT2D eigenvalue weighted by molar-refractivity contribution is 9.10. The zero-order valence-corrected chi connectivity index (χ0v) is 13.2. The van der Waals surface area contributed by atoms with Crippen molar-refractivity contribution in [3.8, 4) is 5.75 Å². The minimum absolute atomic E-state index is 0.0191. The van der Waals surface area contributed by atoms with Crippen molar-refractivity contribution in [3.63, 3.8) is 0 Å². The molecule has 0 radical (unpaired) electrons. The Bertz CT molecular complexity index is 619. The van der Waals surface area contributed by atoms with Crippen LogP contribution >= 0.6 is 15.9 Å². The third kappa shape index (κ3) is 4.51. The van der Waals surface area contributed by atoms with E-state index in [0.717, 1.165) is 41.3 Å². The van der Waals surface area contributed by atoms with Crippen LogP contribution in [0.25, 0.3) is 0 Å². The molecular formula is C16H16BrF2NO. The van der Waals surface area contributed by atoms with Gasteiger partial charge >= 0.3 is 0 Å². The lowest BCUT2D eigenvalue weighted by Crippen LogP contribution is -2.11. The van der Waals surface area contributed by atoms with Crippen molar-refractivity contribution in [1.82, 2.24) is 5.32 Å². The van der Waals surface area contributed by atoms with Gasteiger partial charge < -0.3 is 10.1 Å². The largest absolute Gasteiger partial charge is 0.488 e. The molecule has 112 valence electrons. The number of ether oxygens (including phenoxy) is 1. The topological polar surface area (TPSA) is 21.3 Å². The van der Waals surface area contributed by atoms with E-state index in [9.17, 15) is 8.78 Å². The molecule has 0 heterocycles. The van der Waals surface area contributed by atoms with E-state index in [1.54, 1.807) is 0 Å². The predicted octanol–water partition coefficient (Wildman–Crippen LogP) is 4.42. The van der Waals surface area contributed by atoms with E-state index in [-0.39, 0.29) is 12.2 Å². The summed E-state index contributed by atoms with van der Waals surface area (Å²) < 4.78 is 32.9. The molecule has 0 fully saturated rings. The van der Waals surface area contributed by atoms with Crippen molar-refractivity contribution >= 4 is 15.9 Å². The number of halogens is 3. The number of hydrogen-bond acceptors (Lipinski definition) is 2. The van der Waals surface area contributed by atoms with Gasteiger partial charge in [0.25, 0.3) is 0 Å². The molecule has 0 saturated carbocycles. The van der Waals surface area contributed by atoms with Gasteiger partial charge in [-0.15, -0.1) is 0 Å². The van der Waals surface area contributed by atoms with Crippen LogP contribution in [-0.2, 0) is 13.2 Å². The lowest BCUT2D eigenvalue weighted by Gasteiger charge is -2.11. The molecule has 0 bridgehead atoms. The molecule has 0 aliphatic rings. The number of benzene rings is 2. The highest BCUT2D eigenvalue weighted by atomic mass is 79.9. The van der Waals surface area contributed by atoms with Crippen LogP contribution in [-0.4, -0.2) is 6.54 Å². The number of nitrogens with one attached hydrogen (secondary N) is 1. The second kappa shape index (κ2) is 7.52. The van der Waals surface area contributed by atoms with E-state index in [0.29, 0.717) is 5.75 Å². The van der Waals surface area contributed by atoms with Gasteiger partial charge in [-0.2, -0.15) is 0 Å². The maximum absolute atomic E-state index is 13.5. The molecule has 5 heteroatoms. The molecule has 2 nitrogen and oxygen atoms in total. The summed E-state index contributed by atoms with van der Waals surface area (Å²) in [4.78, 5) is 0. The third-order valence-corrected chi connectivity index (χ3v) is 3.59. The number of hydrogen-bond donors (Lipinski definition) is 1. The Hall–Kier alpha value is -1.46. The van der Waals surface area contributed by atoms with Crippen molar-refractivity contribution in [1.29, 1.82) is 0 Å². The minimum atomic E-state index is -0.477. The molecule has 0 aliphatic heterocycles. The first kappa shape index (κ1) is 15.9. The third-order valence-electron chi connectivity index (χ3n) is 2.97. The van der Waals surface area contributed by atoms with Gasteiger partial charge in [-0.3, -0.25) is 0 Å². The van der Waals surface area contributed by atoms with Gasteiger partial charge in [0.05, 0.1) is 4.47 Å². The molecular weight excluding hydrogens is 340 g/mol. The average Bonchev–Trinajstić information content (AvgIpc) is 2.47. The summed E-state index contributed by atoms with van der Waals surface area (Å²) in [7, 11) is 0. The molecule has 0 spiro atoms. The van der Waals surface area contributed by atoms with Crippen molar-refractivity contribution in [2.45, 2.75) is 20.1 Å². The van der Waals surface area contributed by atoms with Crippen LogP contribution in [0.1, 0.15) is 18.1 Å². The summed E-state index contributed by atoms with van der Waals surface area (Å²) in [5.41, 5.74) is 1.31. The van der Waals surface area contributed by atoms with E-state index in [1.807, 2.05) is 25.1 Å². The fourth-order valence-corrected chi connectivity index (χ4v) is 2.39. The summed E-state index contributed by atoms with van der Waals surface area (Å²) in [5.74, 6) is -0.356. The monoisotopic (exact) mass is 355 g/mol. The maximum Gasteiger partial charge on any atom is 0.134 e. The Balaban J connectivity index is 2.04. The van der Waals surface area contributed by atoms with Crippen LogP contribution in [0.3, 0.4) is 0 Å². The fraction of sp³-hybridized carbons (Fsp3) is 0.250. The summed E-state index contributed by atoms with van der Waals surface area (Å²) in [5, 5.41) is 3.23. The first-order valence-corrected chi connectivity index (χ1v) is 7.45. The molecule has 0 unspecified atom stereocenters. The SMILES string of the molecule is CCNCc1ccc(OCc2cc(F)ccc2F)c(Br)c1. The molecule has 2 rings (SSSR count). The molecule has 0 saturated heterocycles. The lowest BCUT2D eigenvalue weighted by atomic mass is 10.2. The first-order chi connectivity index (χ1) is 10.1. The van der Waals surface area contributed by atoms with E-state index in [1.165, 1.54) is 0 Å². The van der Waals surface area contributed by atoms with Crippen molar-refractivity contribution in [3.05, 3.63) is 63.6 Å². The second-order valence-electron chi connectivity index (χ2n) is 4.57. The Morgan fingerprint density at radius 2 is 1.95 bits per heavy atom. The van der Waals surface area contributed by atoms with Crippen LogP contribution in [0.4, 0.5) is 8.78 Å². The molecule has 2 aromatic rings. The van der Waals surface area contributed by atoms with Gasteiger partial charge in [0.1, 0.15) is 24.0 Å². The molecule has 2 aromatic carbocycles. The summed E-state index contributed by atoms with van der Waals surface area (Å²) in [6.45, 7) is 3.69. The predicted molar refractivity (Wildman–Crippen MR) is 82.2 cm³/mol. The lowest BCUT2D eigenvalue weighted by molar-refractivity contribution is 0.297. The highest BCUT2D eigenvalue weighted by Gasteiger charge is 2.07.